The molecule has 0 fully saturated rings. The number of fused-ring (bicyclic) bond motifs is 1. The zero-order valence-electron chi connectivity index (χ0n) is 21.4. The number of aryl methyl sites for hydroxylation is 2. The van der Waals surface area contributed by atoms with Crippen molar-refractivity contribution in [2.75, 3.05) is 25.6 Å². The van der Waals surface area contributed by atoms with Crippen molar-refractivity contribution in [3.63, 3.8) is 0 Å². The van der Waals surface area contributed by atoms with Crippen LogP contribution in [-0.4, -0.2) is 55.1 Å². The summed E-state index contributed by atoms with van der Waals surface area (Å²) in [5.41, 5.74) is 1.67. The van der Waals surface area contributed by atoms with Crippen LogP contribution in [0.25, 0.3) is 22.4 Å². The number of aliphatic hydroxyl groups excluding tert-OH is 1. The molecule has 0 saturated carbocycles. The van der Waals surface area contributed by atoms with Gasteiger partial charge in [0.1, 0.15) is 41.3 Å². The molecular weight excluding hydrogens is 508 g/mol. The molecule has 2 N–H and O–H groups in total. The number of aromatic nitrogens is 6. The van der Waals surface area contributed by atoms with Gasteiger partial charge in [-0.1, -0.05) is 18.2 Å². The minimum Gasteiger partial charge on any atom is -0.491 e. The van der Waals surface area contributed by atoms with Gasteiger partial charge in [0.05, 0.1) is 32.0 Å². The van der Waals surface area contributed by atoms with Crippen molar-refractivity contribution in [2.45, 2.75) is 20.4 Å². The van der Waals surface area contributed by atoms with Gasteiger partial charge in [-0.25, -0.2) is 28.7 Å². The van der Waals surface area contributed by atoms with Crippen molar-refractivity contribution >= 4 is 22.5 Å². The lowest BCUT2D eigenvalue weighted by Crippen LogP contribution is -2.08. The highest BCUT2D eigenvalue weighted by atomic mass is 19.1. The monoisotopic (exact) mass is 533 g/mol. The maximum Gasteiger partial charge on any atom is 0.183 e. The van der Waals surface area contributed by atoms with Crippen molar-refractivity contribution in [1.82, 2.24) is 29.7 Å². The van der Waals surface area contributed by atoms with Crippen LogP contribution in [0.5, 0.6) is 11.5 Å². The quantitative estimate of drug-likeness (QED) is 0.285. The van der Waals surface area contributed by atoms with Crippen LogP contribution in [0.1, 0.15) is 17.1 Å². The molecule has 0 bridgehead atoms. The highest BCUT2D eigenvalue weighted by Crippen LogP contribution is 2.31. The molecule has 5 rings (SSSR count). The third kappa shape index (κ3) is 5.46. The first-order chi connectivity index (χ1) is 18.9. The van der Waals surface area contributed by atoms with Crippen LogP contribution >= 0.6 is 0 Å². The molecule has 0 radical (unpaired) electrons. The number of aliphatic hydroxyl groups is 1. The average Bonchev–Trinajstić information content (AvgIpc) is 3.27. The number of halogens is 2. The summed E-state index contributed by atoms with van der Waals surface area (Å²) >= 11 is 0. The van der Waals surface area contributed by atoms with E-state index in [4.69, 9.17) is 14.6 Å². The number of para-hydroxylation sites is 1. The molecule has 0 aliphatic heterocycles. The van der Waals surface area contributed by atoms with Gasteiger partial charge in [-0.05, 0) is 19.9 Å². The lowest BCUT2D eigenvalue weighted by atomic mass is 10.1. The minimum atomic E-state index is -0.785. The second-order valence-corrected chi connectivity index (χ2v) is 8.64. The summed E-state index contributed by atoms with van der Waals surface area (Å²) in [6.45, 7) is 3.14. The largest absolute Gasteiger partial charge is 0.491 e. The van der Waals surface area contributed by atoms with Crippen molar-refractivity contribution < 1.29 is 23.4 Å². The fraction of sp³-hybridized carbons (Fsp3) is 0.222. The lowest BCUT2D eigenvalue weighted by molar-refractivity contribution is 0.200. The van der Waals surface area contributed by atoms with Gasteiger partial charge in [0.25, 0.3) is 0 Å². The Balaban J connectivity index is 1.54. The third-order valence-electron chi connectivity index (χ3n) is 5.84. The van der Waals surface area contributed by atoms with E-state index < -0.39 is 11.6 Å². The minimum absolute atomic E-state index is 0.00505. The number of nitrogens with one attached hydrogen (secondary N) is 1. The van der Waals surface area contributed by atoms with E-state index in [1.54, 1.807) is 19.1 Å². The predicted molar refractivity (Wildman–Crippen MR) is 140 cm³/mol. The molecule has 10 nitrogen and oxygen atoms in total. The van der Waals surface area contributed by atoms with Gasteiger partial charge in [0, 0.05) is 34.8 Å². The molecule has 3 heterocycles. The summed E-state index contributed by atoms with van der Waals surface area (Å²) in [7, 11) is 1.51. The molecule has 0 aliphatic carbocycles. The van der Waals surface area contributed by atoms with E-state index in [1.165, 1.54) is 18.0 Å². The predicted octanol–water partition coefficient (Wildman–Crippen LogP) is 4.35. The molecule has 39 heavy (non-hydrogen) atoms. The Labute approximate surface area is 222 Å². The first kappa shape index (κ1) is 25.9. The third-order valence-corrected chi connectivity index (χ3v) is 5.84. The number of rotatable bonds is 9. The second-order valence-electron chi connectivity index (χ2n) is 8.64. The Morgan fingerprint density at radius 1 is 1.03 bits per heavy atom. The Hall–Kier alpha value is -4.71. The number of nitrogens with zero attached hydrogens (tertiary/aromatic N) is 6. The molecular formula is C27H25F2N7O3. The topological polar surface area (TPSA) is 120 Å². The average molecular weight is 534 g/mol. The van der Waals surface area contributed by atoms with E-state index in [1.807, 2.05) is 25.1 Å². The van der Waals surface area contributed by atoms with E-state index in [9.17, 15) is 8.78 Å². The number of hydrogen-bond acceptors (Lipinski definition) is 9. The molecule has 0 unspecified atom stereocenters. The summed E-state index contributed by atoms with van der Waals surface area (Å²) in [5, 5.41) is 17.4. The van der Waals surface area contributed by atoms with Crippen LogP contribution in [0.4, 0.5) is 20.4 Å². The molecule has 0 spiro atoms. The molecule has 0 aliphatic rings. The van der Waals surface area contributed by atoms with E-state index in [0.717, 1.165) is 17.8 Å². The standard InChI is InChI=1S/C27H25F2N7O3/c1-15-10-24(32-16(2)31-15)33-26-23(38-3)13-30-27(34-26)25-18-6-4-5-7-22(18)36(35-25)14-19-20(28)11-17(12-21(19)29)39-9-8-37/h4-7,10-13,37H,8-9,14H2,1-3H3,(H,30,31,32,33,34). The molecule has 12 heteroatoms. The Morgan fingerprint density at radius 3 is 2.51 bits per heavy atom. The smallest absolute Gasteiger partial charge is 0.183 e. The van der Waals surface area contributed by atoms with Gasteiger partial charge < -0.3 is 19.9 Å². The molecule has 2 aromatic carbocycles. The van der Waals surface area contributed by atoms with Gasteiger partial charge in [-0.2, -0.15) is 5.10 Å². The van der Waals surface area contributed by atoms with Gasteiger partial charge in [0.15, 0.2) is 17.4 Å². The number of methoxy groups -OCH3 is 1. The lowest BCUT2D eigenvalue weighted by Gasteiger charge is -2.11. The van der Waals surface area contributed by atoms with Crippen LogP contribution in [-0.2, 0) is 6.54 Å². The zero-order valence-corrected chi connectivity index (χ0v) is 21.4. The van der Waals surface area contributed by atoms with Gasteiger partial charge >= 0.3 is 0 Å². The SMILES string of the molecule is COc1cnc(-c2nn(Cc3c(F)cc(OCCO)cc3F)c3ccccc23)nc1Nc1cc(C)nc(C)n1. The van der Waals surface area contributed by atoms with Crippen molar-refractivity contribution in [2.24, 2.45) is 0 Å². The number of benzene rings is 2. The van der Waals surface area contributed by atoms with Crippen molar-refractivity contribution in [1.29, 1.82) is 0 Å². The van der Waals surface area contributed by atoms with E-state index in [2.05, 4.69) is 30.4 Å². The van der Waals surface area contributed by atoms with E-state index in [0.29, 0.717) is 39.8 Å². The van der Waals surface area contributed by atoms with Gasteiger partial charge in [-0.15, -0.1) is 0 Å². The maximum absolute atomic E-state index is 14.9. The number of ether oxygens (including phenoxy) is 2. The van der Waals surface area contributed by atoms with Gasteiger partial charge in [-0.3, -0.25) is 4.68 Å². The van der Waals surface area contributed by atoms with Crippen LogP contribution in [0.15, 0.2) is 48.7 Å². The summed E-state index contributed by atoms with van der Waals surface area (Å²) < 4.78 is 41.8. The molecule has 200 valence electrons. The normalized spacial score (nSPS) is 11.1. The van der Waals surface area contributed by atoms with Crippen LogP contribution in [0, 0.1) is 25.5 Å². The summed E-state index contributed by atoms with van der Waals surface area (Å²) in [6, 6.07) is 11.2. The second kappa shape index (κ2) is 11.0. The number of anilines is 2. The molecule has 0 amide bonds. The summed E-state index contributed by atoms with van der Waals surface area (Å²) in [6.07, 6.45) is 1.52. The molecule has 3 aromatic heterocycles. The Bertz CT molecular complexity index is 1620. The summed E-state index contributed by atoms with van der Waals surface area (Å²) in [4.78, 5) is 17.8. The van der Waals surface area contributed by atoms with E-state index in [-0.39, 0.29) is 36.9 Å². The molecule has 5 aromatic rings. The van der Waals surface area contributed by atoms with E-state index >= 15 is 0 Å². The highest BCUT2D eigenvalue weighted by Gasteiger charge is 2.20. The van der Waals surface area contributed by atoms with Crippen molar-refractivity contribution in [3.05, 3.63) is 77.4 Å². The first-order valence-corrected chi connectivity index (χ1v) is 12.0. The number of hydrogen-bond donors (Lipinski definition) is 2. The van der Waals surface area contributed by atoms with Crippen LogP contribution in [0.3, 0.4) is 0 Å². The molecule has 0 atom stereocenters. The van der Waals surface area contributed by atoms with Crippen LogP contribution < -0.4 is 14.8 Å². The zero-order chi connectivity index (χ0) is 27.5. The Kier molecular flexibility index (Phi) is 7.28. The van der Waals surface area contributed by atoms with Gasteiger partial charge in [0.2, 0.25) is 0 Å². The maximum atomic E-state index is 14.9. The fourth-order valence-corrected chi connectivity index (χ4v) is 4.17. The fourth-order valence-electron chi connectivity index (χ4n) is 4.17. The summed E-state index contributed by atoms with van der Waals surface area (Å²) in [5.74, 6) is 0.606. The van der Waals surface area contributed by atoms with Crippen LogP contribution in [0.2, 0.25) is 0 Å². The molecule has 0 saturated heterocycles. The highest BCUT2D eigenvalue weighted by molar-refractivity contribution is 5.92. The Morgan fingerprint density at radius 2 is 1.79 bits per heavy atom. The van der Waals surface area contributed by atoms with Crippen molar-refractivity contribution in [3.8, 4) is 23.0 Å². The first-order valence-electron chi connectivity index (χ1n) is 12.0.